The van der Waals surface area contributed by atoms with E-state index >= 15 is 0 Å². The zero-order valence-electron chi connectivity index (χ0n) is 18.8. The van der Waals surface area contributed by atoms with E-state index in [1.807, 2.05) is 23.9 Å². The Morgan fingerprint density at radius 3 is 1.79 bits per heavy atom. The first-order valence-electron chi connectivity index (χ1n) is 11.4. The van der Waals surface area contributed by atoms with Crippen LogP contribution in [-0.4, -0.2) is 15.1 Å². The molecule has 2 rings (SSSR count). The fraction of sp³-hybridized carbons (Fsp3) is 0.520. The molecule has 160 valence electrons. The molecule has 0 saturated carbocycles. The van der Waals surface area contributed by atoms with Crippen molar-refractivity contribution >= 4 is 33.0 Å². The lowest BCUT2D eigenvalue weighted by atomic mass is 10.3. The molecule has 0 spiro atoms. The Morgan fingerprint density at radius 2 is 1.31 bits per heavy atom. The molecule has 0 N–H and O–H groups in total. The van der Waals surface area contributed by atoms with Crippen molar-refractivity contribution in [2.24, 2.45) is 0 Å². The zero-order valence-corrected chi connectivity index (χ0v) is 20.8. The molecular formula is C25H39FNPSi. The molecule has 0 amide bonds. The molecule has 0 aliphatic heterocycles. The number of para-hydroxylation sites is 1. The largest absolute Gasteiger partial charge is 0.350 e. The Morgan fingerprint density at radius 1 is 0.793 bits per heavy atom. The summed E-state index contributed by atoms with van der Waals surface area (Å²) in [6.07, 6.45) is 7.96. The molecule has 1 atom stereocenters. The smallest absolute Gasteiger partial charge is 0.146 e. The van der Waals surface area contributed by atoms with Crippen LogP contribution < -0.4 is 15.2 Å². The molecule has 2 aromatic rings. The molecule has 0 fully saturated rings. The van der Waals surface area contributed by atoms with E-state index < -0.39 is 8.07 Å². The fourth-order valence-electron chi connectivity index (χ4n) is 4.23. The standard InChI is InChI=1S/C25H39FNPSi/c1-5-8-19-29(20-9-6-2,21-10-7-3)23-17-15-22(16-18-23)28-27(4)25-14-12-11-13-24(25)26/h11-18,28H,5-10,19-21H2,1-4H3. The number of hydrogen-bond acceptors (Lipinski definition) is 1. The summed E-state index contributed by atoms with van der Waals surface area (Å²) >= 11 is 0. The number of hydrogen-bond donors (Lipinski definition) is 0. The van der Waals surface area contributed by atoms with Crippen LogP contribution in [0.15, 0.2) is 48.5 Å². The molecule has 0 heterocycles. The van der Waals surface area contributed by atoms with Crippen LogP contribution in [0.5, 0.6) is 0 Å². The van der Waals surface area contributed by atoms with Crippen molar-refractivity contribution < 1.29 is 4.39 Å². The predicted molar refractivity (Wildman–Crippen MR) is 134 cm³/mol. The summed E-state index contributed by atoms with van der Waals surface area (Å²) in [6.45, 7) is 6.96. The van der Waals surface area contributed by atoms with E-state index in [0.717, 1.165) is 0 Å². The van der Waals surface area contributed by atoms with Crippen LogP contribution in [0.25, 0.3) is 0 Å². The summed E-state index contributed by atoms with van der Waals surface area (Å²) in [7, 11) is 0.982. The topological polar surface area (TPSA) is 3.24 Å². The second kappa shape index (κ2) is 12.5. The Hall–Kier alpha value is -1.18. The van der Waals surface area contributed by atoms with Gasteiger partial charge in [0, 0.05) is 15.8 Å². The van der Waals surface area contributed by atoms with Gasteiger partial charge in [-0.05, 0) is 17.4 Å². The average Bonchev–Trinajstić information content (AvgIpc) is 2.74. The molecule has 0 aliphatic carbocycles. The zero-order chi connectivity index (χ0) is 21.1. The molecule has 4 heteroatoms. The van der Waals surface area contributed by atoms with Gasteiger partial charge in [0.2, 0.25) is 0 Å². The predicted octanol–water partition coefficient (Wildman–Crippen LogP) is 7.24. The average molecular weight is 432 g/mol. The highest BCUT2D eigenvalue weighted by atomic mass is 31.1. The molecule has 2 aromatic carbocycles. The first-order valence-corrected chi connectivity index (χ1v) is 15.0. The van der Waals surface area contributed by atoms with Gasteiger partial charge in [0.1, 0.15) is 5.82 Å². The van der Waals surface area contributed by atoms with E-state index in [2.05, 4.69) is 45.0 Å². The van der Waals surface area contributed by atoms with E-state index in [1.165, 1.54) is 68.0 Å². The highest BCUT2D eigenvalue weighted by Gasteiger charge is 2.33. The maximum atomic E-state index is 14.1. The van der Waals surface area contributed by atoms with Crippen molar-refractivity contribution in [2.45, 2.75) is 77.4 Å². The highest BCUT2D eigenvalue weighted by molar-refractivity contribution is 7.49. The van der Waals surface area contributed by atoms with Crippen molar-refractivity contribution in [1.82, 2.24) is 0 Å². The van der Waals surface area contributed by atoms with Crippen LogP contribution in [0.4, 0.5) is 10.1 Å². The van der Waals surface area contributed by atoms with Gasteiger partial charge in [0.25, 0.3) is 0 Å². The lowest BCUT2D eigenvalue weighted by molar-refractivity contribution is 0.629. The third-order valence-electron chi connectivity index (χ3n) is 6.03. The van der Waals surface area contributed by atoms with Crippen molar-refractivity contribution in [3.8, 4) is 0 Å². The van der Waals surface area contributed by atoms with Gasteiger partial charge in [0.05, 0.1) is 13.8 Å². The van der Waals surface area contributed by atoms with Gasteiger partial charge < -0.3 is 4.67 Å². The van der Waals surface area contributed by atoms with Gasteiger partial charge in [-0.15, -0.1) is 0 Å². The summed E-state index contributed by atoms with van der Waals surface area (Å²) in [6, 6.07) is 20.8. The minimum Gasteiger partial charge on any atom is -0.350 e. The number of nitrogens with zero attached hydrogens (tertiary/aromatic N) is 1. The summed E-state index contributed by atoms with van der Waals surface area (Å²) < 4.78 is 16.1. The molecule has 1 nitrogen and oxygen atoms in total. The first-order chi connectivity index (χ1) is 14.1. The Bertz CT molecular complexity index is 697. The van der Waals surface area contributed by atoms with Crippen LogP contribution in [0.3, 0.4) is 0 Å². The maximum absolute atomic E-state index is 14.1. The SMILES string of the molecule is CCCC[Si](CCCC)(CCCC)c1ccc(PN(C)c2ccccc2F)cc1. The lowest BCUT2D eigenvalue weighted by Crippen LogP contribution is -2.47. The third kappa shape index (κ3) is 6.93. The van der Waals surface area contributed by atoms with E-state index in [4.69, 9.17) is 0 Å². The maximum Gasteiger partial charge on any atom is 0.146 e. The van der Waals surface area contributed by atoms with Gasteiger partial charge in [0.15, 0.2) is 0 Å². The first kappa shape index (κ1) is 24.1. The normalized spacial score (nSPS) is 12.0. The van der Waals surface area contributed by atoms with Crippen LogP contribution in [0.1, 0.15) is 59.3 Å². The lowest BCUT2D eigenvalue weighted by Gasteiger charge is -2.33. The van der Waals surface area contributed by atoms with Crippen LogP contribution >= 0.6 is 8.73 Å². The van der Waals surface area contributed by atoms with Crippen molar-refractivity contribution in [3.05, 3.63) is 54.3 Å². The molecule has 0 aliphatic rings. The number of unbranched alkanes of at least 4 members (excludes halogenated alkanes) is 3. The second-order valence-electron chi connectivity index (χ2n) is 8.29. The quantitative estimate of drug-likeness (QED) is 0.239. The molecule has 29 heavy (non-hydrogen) atoms. The summed E-state index contributed by atoms with van der Waals surface area (Å²) in [5.74, 6) is -0.149. The third-order valence-corrected chi connectivity index (χ3v) is 12.7. The van der Waals surface area contributed by atoms with E-state index in [9.17, 15) is 4.39 Å². The van der Waals surface area contributed by atoms with Crippen molar-refractivity contribution in [1.29, 1.82) is 0 Å². The minimum absolute atomic E-state index is 0.149. The van der Waals surface area contributed by atoms with Crippen molar-refractivity contribution in [2.75, 3.05) is 11.7 Å². The monoisotopic (exact) mass is 431 g/mol. The molecule has 0 bridgehead atoms. The molecular weight excluding hydrogens is 392 g/mol. The van der Waals surface area contributed by atoms with Crippen LogP contribution in [0, 0.1) is 5.82 Å². The molecule has 1 unspecified atom stereocenters. The number of benzene rings is 2. The van der Waals surface area contributed by atoms with Crippen molar-refractivity contribution in [3.63, 3.8) is 0 Å². The number of anilines is 1. The Balaban J connectivity index is 2.21. The van der Waals surface area contributed by atoms with E-state index in [0.29, 0.717) is 14.4 Å². The van der Waals surface area contributed by atoms with Gasteiger partial charge in [-0.3, -0.25) is 0 Å². The molecule has 0 aromatic heterocycles. The van der Waals surface area contributed by atoms with Gasteiger partial charge in [-0.1, -0.05) is 119 Å². The Kier molecular flexibility index (Phi) is 10.4. The molecule has 0 radical (unpaired) electrons. The minimum atomic E-state index is -1.44. The highest BCUT2D eigenvalue weighted by Crippen LogP contribution is 2.30. The van der Waals surface area contributed by atoms with Gasteiger partial charge >= 0.3 is 0 Å². The number of halogens is 1. The van der Waals surface area contributed by atoms with Crippen LogP contribution in [0.2, 0.25) is 18.1 Å². The molecule has 0 saturated heterocycles. The van der Waals surface area contributed by atoms with Gasteiger partial charge in [-0.25, -0.2) is 4.39 Å². The summed E-state index contributed by atoms with van der Waals surface area (Å²) in [5, 5.41) is 2.93. The van der Waals surface area contributed by atoms with Gasteiger partial charge in [-0.2, -0.15) is 0 Å². The van der Waals surface area contributed by atoms with Crippen LogP contribution in [-0.2, 0) is 0 Å². The summed E-state index contributed by atoms with van der Waals surface area (Å²) in [5.41, 5.74) is 0.674. The van der Waals surface area contributed by atoms with E-state index in [1.54, 1.807) is 11.3 Å². The number of rotatable bonds is 13. The second-order valence-corrected chi connectivity index (χ2v) is 14.4. The fourth-order valence-corrected chi connectivity index (χ4v) is 10.8. The van der Waals surface area contributed by atoms with E-state index in [-0.39, 0.29) is 5.82 Å². The Labute approximate surface area is 181 Å². The summed E-state index contributed by atoms with van der Waals surface area (Å²) in [4.78, 5) is 0.